The minimum absolute atomic E-state index is 0.0400. The zero-order chi connectivity index (χ0) is 26.5. The van der Waals surface area contributed by atoms with Crippen molar-refractivity contribution in [3.63, 3.8) is 0 Å². The molecule has 36 heavy (non-hydrogen) atoms. The van der Waals surface area contributed by atoms with Gasteiger partial charge in [0.15, 0.2) is 11.5 Å². The summed E-state index contributed by atoms with van der Waals surface area (Å²) in [7, 11) is 0. The lowest BCUT2D eigenvalue weighted by molar-refractivity contribution is -0.168. The van der Waals surface area contributed by atoms with Crippen molar-refractivity contribution in [2.24, 2.45) is 11.3 Å². The zero-order valence-electron chi connectivity index (χ0n) is 21.3. The number of fused-ring (bicyclic) bond motifs is 1. The monoisotopic (exact) mass is 504 g/mol. The largest absolute Gasteiger partial charge is 0.460 e. The van der Waals surface area contributed by atoms with E-state index in [-0.39, 0.29) is 23.6 Å². The number of hydrogen-bond donors (Lipinski definition) is 0. The third-order valence-corrected chi connectivity index (χ3v) is 6.53. The summed E-state index contributed by atoms with van der Waals surface area (Å²) in [6.07, 6.45) is 0.575. The number of halogens is 3. The van der Waals surface area contributed by atoms with Gasteiger partial charge in [0.25, 0.3) is 0 Å². The highest BCUT2D eigenvalue weighted by Crippen LogP contribution is 2.41. The van der Waals surface area contributed by atoms with Gasteiger partial charge in [0.2, 0.25) is 0 Å². The van der Waals surface area contributed by atoms with Gasteiger partial charge >= 0.3 is 12.1 Å². The van der Waals surface area contributed by atoms with Gasteiger partial charge in [0.05, 0.1) is 22.9 Å². The van der Waals surface area contributed by atoms with Gasteiger partial charge in [-0.1, -0.05) is 13.8 Å². The number of anilines is 1. The molecule has 2 atom stereocenters. The number of alkyl halides is 3. The third-order valence-electron chi connectivity index (χ3n) is 6.53. The van der Waals surface area contributed by atoms with Gasteiger partial charge < -0.3 is 9.64 Å². The number of rotatable bonds is 4. The van der Waals surface area contributed by atoms with Crippen molar-refractivity contribution < 1.29 is 22.7 Å². The highest BCUT2D eigenvalue weighted by Gasteiger charge is 2.45. The number of aromatic nitrogens is 5. The van der Waals surface area contributed by atoms with Crippen molar-refractivity contribution in [2.45, 2.75) is 72.2 Å². The van der Waals surface area contributed by atoms with E-state index >= 15 is 0 Å². The van der Waals surface area contributed by atoms with Gasteiger partial charge in [-0.15, -0.1) is 0 Å². The molecule has 0 radical (unpaired) electrons. The summed E-state index contributed by atoms with van der Waals surface area (Å²) in [5, 5.41) is 4.25. The lowest BCUT2D eigenvalue weighted by atomic mass is 9.74. The SMILES string of the molecule is CC(C)[C@@H]1C[C@](C)(C(=O)OC(C)(C)C)CCN1c1ncnn2c(-c3cc(C(F)(F)F)ccn3)cnc12. The molecule has 0 aromatic carbocycles. The maximum atomic E-state index is 13.2. The lowest BCUT2D eigenvalue weighted by Crippen LogP contribution is -2.52. The van der Waals surface area contributed by atoms with Crippen molar-refractivity contribution in [3.8, 4) is 11.4 Å². The average Bonchev–Trinajstić information content (AvgIpc) is 3.22. The number of carbonyl (C=O) groups excluding carboxylic acids is 1. The number of imidazole rings is 1. The quantitative estimate of drug-likeness (QED) is 0.453. The molecular weight excluding hydrogens is 473 g/mol. The number of carbonyl (C=O) groups is 1. The summed E-state index contributed by atoms with van der Waals surface area (Å²) in [6.45, 7) is 12.2. The first kappa shape index (κ1) is 25.8. The second-order valence-corrected chi connectivity index (χ2v) is 10.9. The fraction of sp³-hybridized carbons (Fsp3) is 0.560. The Morgan fingerprint density at radius 3 is 2.56 bits per heavy atom. The van der Waals surface area contributed by atoms with E-state index in [2.05, 4.69) is 38.8 Å². The minimum atomic E-state index is -4.49. The van der Waals surface area contributed by atoms with Crippen LogP contribution >= 0.6 is 0 Å². The van der Waals surface area contributed by atoms with E-state index in [9.17, 15) is 18.0 Å². The van der Waals surface area contributed by atoms with Gasteiger partial charge in [0.1, 0.15) is 17.6 Å². The first-order chi connectivity index (χ1) is 16.7. The van der Waals surface area contributed by atoms with E-state index in [1.165, 1.54) is 17.0 Å². The zero-order valence-corrected chi connectivity index (χ0v) is 21.3. The summed E-state index contributed by atoms with van der Waals surface area (Å²) < 4.78 is 46.9. The molecule has 11 heteroatoms. The van der Waals surface area contributed by atoms with Crippen molar-refractivity contribution in [2.75, 3.05) is 11.4 Å². The van der Waals surface area contributed by atoms with Crippen LogP contribution in [0.25, 0.3) is 17.0 Å². The topological polar surface area (TPSA) is 85.5 Å². The van der Waals surface area contributed by atoms with Gasteiger partial charge in [0, 0.05) is 18.8 Å². The Morgan fingerprint density at radius 2 is 1.92 bits per heavy atom. The number of piperidine rings is 1. The van der Waals surface area contributed by atoms with Gasteiger partial charge in [-0.3, -0.25) is 9.78 Å². The fourth-order valence-electron chi connectivity index (χ4n) is 4.58. The van der Waals surface area contributed by atoms with E-state index in [4.69, 9.17) is 4.74 Å². The van der Waals surface area contributed by atoms with Crippen molar-refractivity contribution in [1.82, 2.24) is 24.6 Å². The second-order valence-electron chi connectivity index (χ2n) is 10.9. The molecule has 0 spiro atoms. The molecule has 1 aliphatic rings. The summed E-state index contributed by atoms with van der Waals surface area (Å²) in [5.41, 5.74) is -1.17. The molecule has 0 aliphatic carbocycles. The Bertz CT molecular complexity index is 1270. The predicted molar refractivity (Wildman–Crippen MR) is 128 cm³/mol. The molecule has 1 fully saturated rings. The molecule has 0 amide bonds. The van der Waals surface area contributed by atoms with E-state index < -0.39 is 22.8 Å². The molecule has 1 saturated heterocycles. The molecule has 4 rings (SSSR count). The van der Waals surface area contributed by atoms with Crippen molar-refractivity contribution >= 4 is 17.4 Å². The van der Waals surface area contributed by atoms with Crippen LogP contribution in [-0.4, -0.2) is 48.7 Å². The lowest BCUT2D eigenvalue weighted by Gasteiger charge is -2.46. The van der Waals surface area contributed by atoms with Crippen LogP contribution in [0.15, 0.2) is 30.9 Å². The Kier molecular flexibility index (Phi) is 6.47. The van der Waals surface area contributed by atoms with Crippen LogP contribution in [0.5, 0.6) is 0 Å². The maximum Gasteiger partial charge on any atom is 0.416 e. The van der Waals surface area contributed by atoms with Crippen LogP contribution in [-0.2, 0) is 15.7 Å². The Labute approximate surface area is 207 Å². The molecule has 194 valence electrons. The van der Waals surface area contributed by atoms with Gasteiger partial charge in [-0.05, 0) is 58.6 Å². The first-order valence-corrected chi connectivity index (χ1v) is 11.9. The second kappa shape index (κ2) is 9.01. The molecule has 0 N–H and O–H groups in total. The highest BCUT2D eigenvalue weighted by atomic mass is 19.4. The van der Waals surface area contributed by atoms with Gasteiger partial charge in [-0.2, -0.15) is 18.3 Å². The number of nitrogens with zero attached hydrogens (tertiary/aromatic N) is 6. The highest BCUT2D eigenvalue weighted by molar-refractivity contribution is 5.78. The number of ether oxygens (including phenoxy) is 1. The summed E-state index contributed by atoms with van der Waals surface area (Å²) in [6, 6.07) is 1.87. The smallest absolute Gasteiger partial charge is 0.416 e. The first-order valence-electron chi connectivity index (χ1n) is 11.9. The van der Waals surface area contributed by atoms with Crippen LogP contribution in [0, 0.1) is 11.3 Å². The van der Waals surface area contributed by atoms with Crippen LogP contribution in [0.4, 0.5) is 19.0 Å². The third kappa shape index (κ3) is 5.01. The van der Waals surface area contributed by atoms with Crippen molar-refractivity contribution in [1.29, 1.82) is 0 Å². The van der Waals surface area contributed by atoms with E-state index in [1.807, 2.05) is 27.7 Å². The standard InChI is InChI=1S/C25H31F3N6O2/c1-15(2)18-12-24(6,22(35)36-23(3,4)5)8-10-33(18)20-21-30-13-19(34(21)32-14-31-20)17-11-16(7-9-29-17)25(26,27)28/h7,9,11,13-15,18H,8,10,12H2,1-6H3/t18-,24+/m0/s1. The van der Waals surface area contributed by atoms with E-state index in [1.54, 1.807) is 0 Å². The van der Waals surface area contributed by atoms with Crippen LogP contribution in [0.2, 0.25) is 0 Å². The van der Waals surface area contributed by atoms with Crippen LogP contribution < -0.4 is 4.90 Å². The summed E-state index contributed by atoms with van der Waals surface area (Å²) >= 11 is 0. The number of esters is 1. The average molecular weight is 505 g/mol. The van der Waals surface area contributed by atoms with Crippen LogP contribution in [0.3, 0.4) is 0 Å². The van der Waals surface area contributed by atoms with E-state index in [0.29, 0.717) is 36.5 Å². The molecule has 8 nitrogen and oxygen atoms in total. The summed E-state index contributed by atoms with van der Waals surface area (Å²) in [4.78, 5) is 28.2. The van der Waals surface area contributed by atoms with Gasteiger partial charge in [-0.25, -0.2) is 14.5 Å². The number of pyridine rings is 1. The Hall–Kier alpha value is -3.24. The molecule has 0 bridgehead atoms. The predicted octanol–water partition coefficient (Wildman–Crippen LogP) is 5.18. The normalized spacial score (nSPS) is 21.3. The van der Waals surface area contributed by atoms with E-state index in [0.717, 1.165) is 18.3 Å². The Morgan fingerprint density at radius 1 is 1.19 bits per heavy atom. The number of hydrogen-bond acceptors (Lipinski definition) is 7. The van der Waals surface area contributed by atoms with Crippen LogP contribution in [0.1, 0.15) is 59.9 Å². The fourth-order valence-corrected chi connectivity index (χ4v) is 4.58. The molecule has 0 unspecified atom stereocenters. The Balaban J connectivity index is 1.70. The molecule has 1 aliphatic heterocycles. The summed E-state index contributed by atoms with van der Waals surface area (Å²) in [5.74, 6) is 0.529. The molecule has 4 heterocycles. The van der Waals surface area contributed by atoms with Crippen molar-refractivity contribution in [3.05, 3.63) is 36.4 Å². The molecule has 0 saturated carbocycles. The minimum Gasteiger partial charge on any atom is -0.460 e. The molecular formula is C25H31F3N6O2. The molecule has 3 aromatic heterocycles. The molecule has 3 aromatic rings. The maximum absolute atomic E-state index is 13.2.